The van der Waals surface area contributed by atoms with Crippen LogP contribution in [0, 0.1) is 5.92 Å². The van der Waals surface area contributed by atoms with Gasteiger partial charge in [-0.1, -0.05) is 52.9 Å². The van der Waals surface area contributed by atoms with Crippen LogP contribution >= 0.6 is 0 Å². The molecular formula is C20H33NO3. The molecule has 1 aromatic rings. The van der Waals surface area contributed by atoms with Gasteiger partial charge in [0.1, 0.15) is 11.5 Å². The zero-order chi connectivity index (χ0) is 17.6. The smallest absolute Gasteiger partial charge is 0.257 e. The second kappa shape index (κ2) is 12.7. The summed E-state index contributed by atoms with van der Waals surface area (Å²) in [5, 5.41) is 2.83. The Kier molecular flexibility index (Phi) is 10.7. The van der Waals surface area contributed by atoms with E-state index in [9.17, 15) is 4.79 Å². The third-order valence-electron chi connectivity index (χ3n) is 3.67. The molecule has 0 aliphatic carbocycles. The molecule has 1 aromatic carbocycles. The Morgan fingerprint density at radius 3 is 2.17 bits per heavy atom. The molecule has 1 N–H and O–H groups in total. The first-order chi connectivity index (χ1) is 11.6. The summed E-state index contributed by atoms with van der Waals surface area (Å²) in [5.41, 5.74) is 0. The maximum atomic E-state index is 11.6. The van der Waals surface area contributed by atoms with Gasteiger partial charge in [-0.2, -0.15) is 0 Å². The molecule has 0 aromatic heterocycles. The molecule has 24 heavy (non-hydrogen) atoms. The van der Waals surface area contributed by atoms with Gasteiger partial charge < -0.3 is 14.8 Å². The van der Waals surface area contributed by atoms with Gasteiger partial charge in [-0.25, -0.2) is 0 Å². The Labute approximate surface area is 146 Å². The van der Waals surface area contributed by atoms with Crippen LogP contribution in [-0.2, 0) is 4.79 Å². The van der Waals surface area contributed by atoms with E-state index in [0.29, 0.717) is 18.2 Å². The second-order valence-electron chi connectivity index (χ2n) is 6.57. The van der Waals surface area contributed by atoms with Crippen LogP contribution in [0.5, 0.6) is 11.5 Å². The van der Waals surface area contributed by atoms with E-state index >= 15 is 0 Å². The molecule has 0 spiro atoms. The first-order valence-corrected chi connectivity index (χ1v) is 9.24. The van der Waals surface area contributed by atoms with E-state index in [0.717, 1.165) is 18.8 Å². The van der Waals surface area contributed by atoms with Gasteiger partial charge in [0.15, 0.2) is 6.61 Å². The molecule has 0 saturated heterocycles. The van der Waals surface area contributed by atoms with Crippen LogP contribution in [0.4, 0.5) is 0 Å². The van der Waals surface area contributed by atoms with E-state index in [4.69, 9.17) is 9.47 Å². The van der Waals surface area contributed by atoms with E-state index in [1.807, 2.05) is 24.3 Å². The van der Waals surface area contributed by atoms with Crippen LogP contribution in [0.3, 0.4) is 0 Å². The van der Waals surface area contributed by atoms with Gasteiger partial charge in [-0.05, 0) is 36.6 Å². The van der Waals surface area contributed by atoms with Crippen LogP contribution in [0.1, 0.15) is 59.3 Å². The minimum absolute atomic E-state index is 0.0463. The Morgan fingerprint density at radius 2 is 1.54 bits per heavy atom. The van der Waals surface area contributed by atoms with Gasteiger partial charge in [-0.15, -0.1) is 0 Å². The lowest BCUT2D eigenvalue weighted by atomic mass is 10.1. The number of benzene rings is 1. The molecule has 0 radical (unpaired) electrons. The van der Waals surface area contributed by atoms with Crippen molar-refractivity contribution in [3.63, 3.8) is 0 Å². The van der Waals surface area contributed by atoms with Gasteiger partial charge in [-0.3, -0.25) is 4.79 Å². The van der Waals surface area contributed by atoms with Crippen molar-refractivity contribution in [3.05, 3.63) is 24.3 Å². The molecule has 0 heterocycles. The third-order valence-corrected chi connectivity index (χ3v) is 3.67. The normalized spacial score (nSPS) is 10.7. The maximum Gasteiger partial charge on any atom is 0.257 e. The van der Waals surface area contributed by atoms with Crippen molar-refractivity contribution < 1.29 is 14.3 Å². The SMILES string of the molecule is CCCCCCCCOc1ccc(OCC(=O)NCC(C)C)cc1. The monoisotopic (exact) mass is 335 g/mol. The minimum atomic E-state index is -0.0906. The number of hydrogen-bond acceptors (Lipinski definition) is 3. The van der Waals surface area contributed by atoms with E-state index in [1.54, 1.807) is 0 Å². The van der Waals surface area contributed by atoms with E-state index in [-0.39, 0.29) is 12.5 Å². The van der Waals surface area contributed by atoms with Gasteiger partial charge >= 0.3 is 0 Å². The number of rotatable bonds is 13. The Hall–Kier alpha value is -1.71. The molecule has 0 unspecified atom stereocenters. The predicted molar refractivity (Wildman–Crippen MR) is 98.7 cm³/mol. The lowest BCUT2D eigenvalue weighted by Crippen LogP contribution is -2.31. The highest BCUT2D eigenvalue weighted by Gasteiger charge is 2.04. The Balaban J connectivity index is 2.15. The lowest BCUT2D eigenvalue weighted by molar-refractivity contribution is -0.123. The summed E-state index contributed by atoms with van der Waals surface area (Å²) < 4.78 is 11.2. The average Bonchev–Trinajstić information content (AvgIpc) is 2.58. The van der Waals surface area contributed by atoms with Crippen molar-refractivity contribution in [2.24, 2.45) is 5.92 Å². The van der Waals surface area contributed by atoms with Crippen molar-refractivity contribution in [2.75, 3.05) is 19.8 Å². The second-order valence-corrected chi connectivity index (χ2v) is 6.57. The van der Waals surface area contributed by atoms with Crippen molar-refractivity contribution in [1.82, 2.24) is 5.32 Å². The van der Waals surface area contributed by atoms with E-state index in [2.05, 4.69) is 26.1 Å². The fraction of sp³-hybridized carbons (Fsp3) is 0.650. The van der Waals surface area contributed by atoms with E-state index < -0.39 is 0 Å². The van der Waals surface area contributed by atoms with Crippen LogP contribution < -0.4 is 14.8 Å². The highest BCUT2D eigenvalue weighted by molar-refractivity contribution is 5.77. The zero-order valence-electron chi connectivity index (χ0n) is 15.5. The molecule has 1 rings (SSSR count). The third kappa shape index (κ3) is 10.1. The number of carbonyl (C=O) groups excluding carboxylic acids is 1. The van der Waals surface area contributed by atoms with Gasteiger partial charge in [0.25, 0.3) is 5.91 Å². The van der Waals surface area contributed by atoms with E-state index in [1.165, 1.54) is 32.1 Å². The van der Waals surface area contributed by atoms with Crippen LogP contribution in [-0.4, -0.2) is 25.7 Å². The minimum Gasteiger partial charge on any atom is -0.494 e. The first-order valence-electron chi connectivity index (χ1n) is 9.24. The molecule has 4 heteroatoms. The summed E-state index contributed by atoms with van der Waals surface area (Å²) in [6.45, 7) is 7.83. The summed E-state index contributed by atoms with van der Waals surface area (Å²) in [6, 6.07) is 7.45. The largest absolute Gasteiger partial charge is 0.494 e. The molecular weight excluding hydrogens is 302 g/mol. The van der Waals surface area contributed by atoms with Crippen LogP contribution in [0.2, 0.25) is 0 Å². The van der Waals surface area contributed by atoms with Crippen molar-refractivity contribution in [1.29, 1.82) is 0 Å². The van der Waals surface area contributed by atoms with Gasteiger partial charge in [0.05, 0.1) is 6.61 Å². The molecule has 4 nitrogen and oxygen atoms in total. The summed E-state index contributed by atoms with van der Waals surface area (Å²) in [7, 11) is 0. The molecule has 0 bridgehead atoms. The van der Waals surface area contributed by atoms with Crippen LogP contribution in [0.25, 0.3) is 0 Å². The molecule has 0 fully saturated rings. The molecule has 0 aliphatic rings. The number of ether oxygens (including phenoxy) is 2. The first kappa shape index (κ1) is 20.3. The number of amides is 1. The fourth-order valence-electron chi connectivity index (χ4n) is 2.22. The molecule has 1 amide bonds. The molecule has 0 atom stereocenters. The Morgan fingerprint density at radius 1 is 0.958 bits per heavy atom. The number of hydrogen-bond donors (Lipinski definition) is 1. The summed E-state index contributed by atoms with van der Waals surface area (Å²) in [5.74, 6) is 1.88. The average molecular weight is 335 g/mol. The summed E-state index contributed by atoms with van der Waals surface area (Å²) in [6.07, 6.45) is 7.56. The Bertz CT molecular complexity index is 443. The number of unbranched alkanes of at least 4 members (excludes halogenated alkanes) is 5. The fourth-order valence-corrected chi connectivity index (χ4v) is 2.22. The molecule has 136 valence electrons. The molecule has 0 aliphatic heterocycles. The van der Waals surface area contributed by atoms with Gasteiger partial charge in [0.2, 0.25) is 0 Å². The summed E-state index contributed by atoms with van der Waals surface area (Å²) in [4.78, 5) is 11.6. The topological polar surface area (TPSA) is 47.6 Å². The summed E-state index contributed by atoms with van der Waals surface area (Å²) >= 11 is 0. The van der Waals surface area contributed by atoms with Gasteiger partial charge in [0, 0.05) is 6.54 Å². The van der Waals surface area contributed by atoms with Crippen molar-refractivity contribution >= 4 is 5.91 Å². The molecule has 0 saturated carbocycles. The number of nitrogens with one attached hydrogen (secondary N) is 1. The van der Waals surface area contributed by atoms with Crippen LogP contribution in [0.15, 0.2) is 24.3 Å². The predicted octanol–water partition coefficient (Wildman–Crippen LogP) is 4.58. The highest BCUT2D eigenvalue weighted by Crippen LogP contribution is 2.18. The zero-order valence-corrected chi connectivity index (χ0v) is 15.5. The lowest BCUT2D eigenvalue weighted by Gasteiger charge is -2.10. The van der Waals surface area contributed by atoms with Crippen molar-refractivity contribution in [3.8, 4) is 11.5 Å². The van der Waals surface area contributed by atoms with Crippen molar-refractivity contribution in [2.45, 2.75) is 59.3 Å². The maximum absolute atomic E-state index is 11.6. The standard InChI is InChI=1S/C20H33NO3/c1-4-5-6-7-8-9-14-23-18-10-12-19(13-11-18)24-16-20(22)21-15-17(2)3/h10-13,17H,4-9,14-16H2,1-3H3,(H,21,22). The number of carbonyl (C=O) groups is 1. The highest BCUT2D eigenvalue weighted by atomic mass is 16.5. The quantitative estimate of drug-likeness (QED) is 0.537.